The van der Waals surface area contributed by atoms with E-state index in [0.717, 1.165) is 47.9 Å². The van der Waals surface area contributed by atoms with Crippen LogP contribution in [0.15, 0.2) is 24.3 Å². The number of unbranched alkanes of at least 4 members (excludes halogenated alkanes) is 2. The number of phenolic OH excluding ortho intramolecular Hbond substituents is 2. The predicted molar refractivity (Wildman–Crippen MR) is 143 cm³/mol. The van der Waals surface area contributed by atoms with Crippen LogP contribution in [-0.2, 0) is 23.7 Å². The minimum atomic E-state index is -0.0680. The van der Waals surface area contributed by atoms with Crippen LogP contribution in [0.3, 0.4) is 0 Å². The number of aromatic hydroxyl groups is 2. The van der Waals surface area contributed by atoms with Gasteiger partial charge in [0.25, 0.3) is 0 Å². The first-order valence-corrected chi connectivity index (χ1v) is 12.9. The topological polar surface area (TPSA) is 40.5 Å². The molecule has 33 heavy (non-hydrogen) atoms. The summed E-state index contributed by atoms with van der Waals surface area (Å²) in [6.45, 7) is 21.6. The van der Waals surface area contributed by atoms with Crippen LogP contribution >= 0.6 is 0 Å². The van der Waals surface area contributed by atoms with E-state index in [1.807, 2.05) is 0 Å². The summed E-state index contributed by atoms with van der Waals surface area (Å²) in [5, 5.41) is 21.6. The molecule has 0 atom stereocenters. The summed E-state index contributed by atoms with van der Waals surface area (Å²) in [5.74, 6) is 1.58. The Morgan fingerprint density at radius 3 is 1.18 bits per heavy atom. The number of rotatable bonds is 8. The van der Waals surface area contributed by atoms with Gasteiger partial charge in [-0.15, -0.1) is 0 Å². The quantitative estimate of drug-likeness (QED) is 0.392. The Balaban J connectivity index is 2.08. The third kappa shape index (κ3) is 7.01. The molecule has 0 aliphatic carbocycles. The van der Waals surface area contributed by atoms with Crippen molar-refractivity contribution in [3.63, 3.8) is 0 Å². The third-order valence-electron chi connectivity index (χ3n) is 6.69. The summed E-state index contributed by atoms with van der Waals surface area (Å²) in [6.07, 6.45) is 5.55. The number of hydrogen-bond donors (Lipinski definition) is 2. The molecule has 0 radical (unpaired) electrons. The van der Waals surface area contributed by atoms with Crippen molar-refractivity contribution in [1.29, 1.82) is 0 Å². The number of hydrogen-bond acceptors (Lipinski definition) is 2. The van der Waals surface area contributed by atoms with Crippen molar-refractivity contribution in [2.45, 2.75) is 124 Å². The van der Waals surface area contributed by atoms with Crippen molar-refractivity contribution in [3.05, 3.63) is 57.6 Å². The maximum atomic E-state index is 10.8. The highest BCUT2D eigenvalue weighted by molar-refractivity contribution is 5.49. The highest BCUT2D eigenvalue weighted by Gasteiger charge is 2.23. The molecule has 0 saturated carbocycles. The maximum absolute atomic E-state index is 10.8. The Bertz CT molecular complexity index is 859. The van der Waals surface area contributed by atoms with Gasteiger partial charge in [-0.25, -0.2) is 0 Å². The van der Waals surface area contributed by atoms with Gasteiger partial charge in [-0.3, -0.25) is 0 Å². The lowest BCUT2D eigenvalue weighted by atomic mass is 9.81. The van der Waals surface area contributed by atoms with Crippen LogP contribution in [0.25, 0.3) is 0 Å². The van der Waals surface area contributed by atoms with Crippen LogP contribution in [0, 0.1) is 0 Å². The molecule has 2 heteroatoms. The molecule has 184 valence electrons. The third-order valence-corrected chi connectivity index (χ3v) is 6.69. The van der Waals surface area contributed by atoms with Gasteiger partial charge in [0.05, 0.1) is 0 Å². The standard InChI is InChI=1S/C31H48O2/c1-20(2)24-16-22(18-26(28(24)32)30(5,6)7)14-12-11-13-15-23-17-25(21(3)4)29(33)27(19-23)31(8,9)10/h16-21,32-33H,11-15H2,1-10H3. The van der Waals surface area contributed by atoms with Crippen LogP contribution in [0.2, 0.25) is 0 Å². The van der Waals surface area contributed by atoms with Crippen molar-refractivity contribution < 1.29 is 10.2 Å². The lowest BCUT2D eigenvalue weighted by Gasteiger charge is -2.25. The maximum Gasteiger partial charge on any atom is 0.122 e. The smallest absolute Gasteiger partial charge is 0.122 e. The predicted octanol–water partition coefficient (Wildman–Crippen LogP) is 8.90. The zero-order valence-corrected chi connectivity index (χ0v) is 22.9. The van der Waals surface area contributed by atoms with Gasteiger partial charge in [0, 0.05) is 0 Å². The Kier molecular flexibility index (Phi) is 8.71. The van der Waals surface area contributed by atoms with Crippen LogP contribution in [0.4, 0.5) is 0 Å². The molecular weight excluding hydrogens is 404 g/mol. The summed E-state index contributed by atoms with van der Waals surface area (Å²) in [7, 11) is 0. The van der Waals surface area contributed by atoms with E-state index in [1.54, 1.807) is 0 Å². The fourth-order valence-corrected chi connectivity index (χ4v) is 4.59. The Morgan fingerprint density at radius 1 is 0.576 bits per heavy atom. The molecule has 0 spiro atoms. The van der Waals surface area contributed by atoms with Crippen molar-refractivity contribution in [2.75, 3.05) is 0 Å². The minimum absolute atomic E-state index is 0.0680. The van der Waals surface area contributed by atoms with Crippen molar-refractivity contribution in [1.82, 2.24) is 0 Å². The summed E-state index contributed by atoms with van der Waals surface area (Å²) in [6, 6.07) is 8.84. The van der Waals surface area contributed by atoms with Gasteiger partial charge < -0.3 is 10.2 Å². The van der Waals surface area contributed by atoms with Crippen molar-refractivity contribution in [3.8, 4) is 11.5 Å². The first kappa shape index (κ1) is 27.3. The molecule has 0 saturated heterocycles. The molecule has 0 heterocycles. The van der Waals surface area contributed by atoms with Crippen molar-refractivity contribution >= 4 is 0 Å². The van der Waals surface area contributed by atoms with E-state index >= 15 is 0 Å². The van der Waals surface area contributed by atoms with Gasteiger partial charge in [-0.1, -0.05) is 99.9 Å². The summed E-state index contributed by atoms with van der Waals surface area (Å²) in [5.41, 5.74) is 6.79. The average Bonchev–Trinajstić information content (AvgIpc) is 2.67. The molecule has 2 N–H and O–H groups in total. The normalized spacial score (nSPS) is 12.7. The van der Waals surface area contributed by atoms with Gasteiger partial charge in [-0.2, -0.15) is 0 Å². The fourth-order valence-electron chi connectivity index (χ4n) is 4.59. The molecule has 0 unspecified atom stereocenters. The molecule has 0 aliphatic heterocycles. The second-order valence-electron chi connectivity index (χ2n) is 12.5. The first-order valence-electron chi connectivity index (χ1n) is 12.9. The van der Waals surface area contributed by atoms with Crippen molar-refractivity contribution in [2.24, 2.45) is 0 Å². The molecule has 2 aromatic carbocycles. The second kappa shape index (κ2) is 10.5. The molecule has 2 aromatic rings. The highest BCUT2D eigenvalue weighted by Crippen LogP contribution is 2.39. The zero-order valence-electron chi connectivity index (χ0n) is 22.9. The van der Waals surface area contributed by atoms with Gasteiger partial charge in [0.2, 0.25) is 0 Å². The lowest BCUT2D eigenvalue weighted by molar-refractivity contribution is 0.436. The Hall–Kier alpha value is -1.96. The van der Waals surface area contributed by atoms with Crippen LogP contribution in [0.5, 0.6) is 11.5 Å². The molecule has 0 aliphatic rings. The SMILES string of the molecule is CC(C)c1cc(CCCCCc2cc(C(C)C)c(O)c(C(C)(C)C)c2)cc(C(C)(C)C)c1O. The molecule has 2 rings (SSSR count). The number of aryl methyl sites for hydroxylation is 2. The summed E-state index contributed by atoms with van der Waals surface area (Å²) in [4.78, 5) is 0. The first-order chi connectivity index (χ1) is 15.1. The molecular formula is C31H48O2. The average molecular weight is 453 g/mol. The van der Waals surface area contributed by atoms with E-state index in [9.17, 15) is 10.2 Å². The largest absolute Gasteiger partial charge is 0.507 e. The van der Waals surface area contributed by atoms with E-state index < -0.39 is 0 Å². The van der Waals surface area contributed by atoms with E-state index in [4.69, 9.17) is 0 Å². The van der Waals surface area contributed by atoms with Crippen LogP contribution in [-0.4, -0.2) is 10.2 Å². The van der Waals surface area contributed by atoms with E-state index in [2.05, 4.69) is 93.5 Å². The number of phenols is 2. The molecule has 0 fully saturated rings. The second-order valence-corrected chi connectivity index (χ2v) is 12.5. The Labute approximate surface area is 203 Å². The molecule has 0 aromatic heterocycles. The minimum Gasteiger partial charge on any atom is -0.507 e. The Morgan fingerprint density at radius 2 is 0.909 bits per heavy atom. The molecule has 0 amide bonds. The molecule has 0 bridgehead atoms. The van der Waals surface area contributed by atoms with E-state index in [0.29, 0.717) is 23.3 Å². The van der Waals surface area contributed by atoms with Crippen LogP contribution in [0.1, 0.15) is 134 Å². The van der Waals surface area contributed by atoms with Gasteiger partial charge >= 0.3 is 0 Å². The van der Waals surface area contributed by atoms with Gasteiger partial charge in [0.15, 0.2) is 0 Å². The highest BCUT2D eigenvalue weighted by atomic mass is 16.3. The fraction of sp³-hybridized carbons (Fsp3) is 0.613. The summed E-state index contributed by atoms with van der Waals surface area (Å²) >= 11 is 0. The lowest BCUT2D eigenvalue weighted by Crippen LogP contribution is -2.13. The van der Waals surface area contributed by atoms with E-state index in [1.165, 1.54) is 17.5 Å². The van der Waals surface area contributed by atoms with E-state index in [-0.39, 0.29) is 10.8 Å². The van der Waals surface area contributed by atoms with Crippen LogP contribution < -0.4 is 0 Å². The molecule has 2 nitrogen and oxygen atoms in total. The zero-order chi connectivity index (χ0) is 25.1. The van der Waals surface area contributed by atoms with Gasteiger partial charge in [-0.05, 0) is 81.7 Å². The number of benzene rings is 2. The van der Waals surface area contributed by atoms with Gasteiger partial charge in [0.1, 0.15) is 11.5 Å². The summed E-state index contributed by atoms with van der Waals surface area (Å²) < 4.78 is 0. The monoisotopic (exact) mass is 452 g/mol.